The molecule has 0 unspecified atom stereocenters. The molecule has 0 aliphatic heterocycles. The van der Waals surface area contributed by atoms with Gasteiger partial charge in [0.25, 0.3) is 5.91 Å². The second-order valence-electron chi connectivity index (χ2n) is 6.37. The van der Waals surface area contributed by atoms with Gasteiger partial charge in [0.15, 0.2) is 0 Å². The van der Waals surface area contributed by atoms with Gasteiger partial charge in [0.1, 0.15) is 0 Å². The van der Waals surface area contributed by atoms with Crippen LogP contribution in [-0.4, -0.2) is 43.9 Å². The number of anilines is 1. The van der Waals surface area contributed by atoms with Gasteiger partial charge in [0.2, 0.25) is 6.41 Å². The summed E-state index contributed by atoms with van der Waals surface area (Å²) in [6, 6.07) is 16.4. The van der Waals surface area contributed by atoms with E-state index in [0.717, 1.165) is 10.6 Å². The van der Waals surface area contributed by atoms with Crippen LogP contribution in [0.4, 0.5) is 5.69 Å². The molecule has 0 fully saturated rings. The van der Waals surface area contributed by atoms with Crippen molar-refractivity contribution in [3.05, 3.63) is 70.9 Å². The lowest BCUT2D eigenvalue weighted by molar-refractivity contribution is -0.114. The molecule has 0 aromatic heterocycles. The first-order valence-corrected chi connectivity index (χ1v) is 10.6. The predicted octanol–water partition coefficient (Wildman–Crippen LogP) is 1.84. The molecule has 0 saturated heterocycles. The minimum atomic E-state index is -0.755. The maximum absolute atomic E-state index is 12.2. The van der Waals surface area contributed by atoms with Crippen molar-refractivity contribution in [1.82, 2.24) is 10.6 Å². The Labute approximate surface area is 185 Å². The van der Waals surface area contributed by atoms with Gasteiger partial charge < -0.3 is 21.7 Å². The third-order valence-corrected chi connectivity index (χ3v) is 5.05. The molecule has 8 nitrogen and oxygen atoms in total. The van der Waals surface area contributed by atoms with Crippen LogP contribution in [0.5, 0.6) is 0 Å². The molecule has 0 spiro atoms. The average Bonchev–Trinajstić information content (AvgIpc) is 2.79. The zero-order valence-corrected chi connectivity index (χ0v) is 17.9. The molecular weight excluding hydrogens is 412 g/mol. The summed E-state index contributed by atoms with van der Waals surface area (Å²) in [5.74, 6) is -0.755. The zero-order chi connectivity index (χ0) is 22.6. The first-order chi connectivity index (χ1) is 15.0. The summed E-state index contributed by atoms with van der Waals surface area (Å²) in [5, 5.41) is 26.2. The van der Waals surface area contributed by atoms with Crippen molar-refractivity contribution >= 4 is 35.5 Å². The monoisotopic (exact) mass is 436 g/mol. The normalized spacial score (nSPS) is 11.0. The first kappa shape index (κ1) is 23.5. The molecule has 0 aliphatic carbocycles. The van der Waals surface area contributed by atoms with E-state index in [1.807, 2.05) is 24.5 Å². The van der Waals surface area contributed by atoms with Gasteiger partial charge in [-0.25, -0.2) is 0 Å². The van der Waals surface area contributed by atoms with Crippen LogP contribution in [0.2, 0.25) is 0 Å². The van der Waals surface area contributed by atoms with E-state index in [1.165, 1.54) is 11.8 Å². The van der Waals surface area contributed by atoms with Gasteiger partial charge in [-0.2, -0.15) is 5.26 Å². The number of nitriles is 1. The molecule has 9 heteroatoms. The fourth-order valence-corrected chi connectivity index (χ4v) is 3.27. The summed E-state index contributed by atoms with van der Waals surface area (Å²) >= 11 is 1.53. The van der Waals surface area contributed by atoms with Gasteiger partial charge in [0, 0.05) is 34.9 Å². The molecule has 31 heavy (non-hydrogen) atoms. The van der Waals surface area contributed by atoms with Gasteiger partial charge in [-0.1, -0.05) is 12.1 Å². The Morgan fingerprint density at radius 2 is 1.97 bits per heavy atom. The van der Waals surface area contributed by atoms with Crippen molar-refractivity contribution < 1.29 is 9.59 Å². The van der Waals surface area contributed by atoms with Gasteiger partial charge in [-0.15, -0.1) is 11.8 Å². The number of primary amides is 1. The molecule has 0 radical (unpaired) electrons. The Hall–Kier alpha value is -3.77. The van der Waals surface area contributed by atoms with Crippen LogP contribution in [0.15, 0.2) is 64.7 Å². The second-order valence-corrected chi connectivity index (χ2v) is 7.25. The molecule has 6 N–H and O–H groups in total. The molecule has 0 atom stereocenters. The SMILES string of the molecule is CSc1cccc(C(=N)/C(C(N)=O)=C(/CNC=O)NCCNc2ccc(C#N)cc2)c1. The van der Waals surface area contributed by atoms with Crippen molar-refractivity contribution in [2.75, 3.05) is 31.2 Å². The number of carbonyl (C=O) groups is 2. The Balaban J connectivity index is 2.17. The summed E-state index contributed by atoms with van der Waals surface area (Å²) in [4.78, 5) is 24.0. The highest BCUT2D eigenvalue weighted by molar-refractivity contribution is 7.98. The number of hydrogen-bond acceptors (Lipinski definition) is 7. The topological polar surface area (TPSA) is 144 Å². The van der Waals surface area contributed by atoms with Crippen molar-refractivity contribution in [1.29, 1.82) is 10.7 Å². The maximum Gasteiger partial charge on any atom is 0.252 e. The van der Waals surface area contributed by atoms with E-state index in [9.17, 15) is 9.59 Å². The smallest absolute Gasteiger partial charge is 0.252 e. The van der Waals surface area contributed by atoms with Crippen LogP contribution < -0.4 is 21.7 Å². The number of nitrogens with two attached hydrogens (primary N) is 1. The van der Waals surface area contributed by atoms with Crippen LogP contribution in [0.1, 0.15) is 11.1 Å². The van der Waals surface area contributed by atoms with E-state index in [0.29, 0.717) is 36.3 Å². The van der Waals surface area contributed by atoms with Crippen molar-refractivity contribution in [2.24, 2.45) is 5.73 Å². The first-order valence-electron chi connectivity index (χ1n) is 9.41. The van der Waals surface area contributed by atoms with Crippen LogP contribution in [0.3, 0.4) is 0 Å². The number of amides is 2. The van der Waals surface area contributed by atoms with Gasteiger partial charge in [0.05, 0.1) is 29.5 Å². The Kier molecular flexibility index (Phi) is 9.13. The molecule has 2 aromatic rings. The number of rotatable bonds is 12. The zero-order valence-electron chi connectivity index (χ0n) is 17.1. The minimum absolute atomic E-state index is 0.0151. The van der Waals surface area contributed by atoms with Gasteiger partial charge in [-0.3, -0.25) is 15.0 Å². The van der Waals surface area contributed by atoms with Crippen molar-refractivity contribution in [3.63, 3.8) is 0 Å². The van der Waals surface area contributed by atoms with E-state index >= 15 is 0 Å². The van der Waals surface area contributed by atoms with E-state index in [-0.39, 0.29) is 17.8 Å². The Bertz CT molecular complexity index is 1010. The number of hydrogen-bond donors (Lipinski definition) is 5. The highest BCUT2D eigenvalue weighted by atomic mass is 32.2. The van der Waals surface area contributed by atoms with Gasteiger partial charge >= 0.3 is 0 Å². The molecule has 160 valence electrons. The van der Waals surface area contributed by atoms with Gasteiger partial charge in [-0.05, 0) is 42.7 Å². The largest absolute Gasteiger partial charge is 0.384 e. The van der Waals surface area contributed by atoms with E-state index in [4.69, 9.17) is 16.4 Å². The molecule has 0 bridgehead atoms. The number of nitrogens with zero attached hydrogens (tertiary/aromatic N) is 1. The lowest BCUT2D eigenvalue weighted by Gasteiger charge is -2.17. The Morgan fingerprint density at radius 1 is 1.23 bits per heavy atom. The van der Waals surface area contributed by atoms with Crippen LogP contribution >= 0.6 is 11.8 Å². The second kappa shape index (κ2) is 12.0. The number of benzene rings is 2. The third kappa shape index (κ3) is 6.90. The summed E-state index contributed by atoms with van der Waals surface area (Å²) < 4.78 is 0. The molecule has 0 saturated carbocycles. The third-order valence-electron chi connectivity index (χ3n) is 4.33. The number of thioether (sulfide) groups is 1. The average molecular weight is 437 g/mol. The lowest BCUT2D eigenvalue weighted by atomic mass is 9.99. The highest BCUT2D eigenvalue weighted by Crippen LogP contribution is 2.19. The highest BCUT2D eigenvalue weighted by Gasteiger charge is 2.19. The number of nitrogens with one attached hydrogen (secondary N) is 4. The van der Waals surface area contributed by atoms with Crippen molar-refractivity contribution in [2.45, 2.75) is 4.90 Å². The molecule has 2 rings (SSSR count). The fraction of sp³-hybridized carbons (Fsp3) is 0.182. The summed E-state index contributed by atoms with van der Waals surface area (Å²) in [6.07, 6.45) is 2.45. The number of carbonyl (C=O) groups excluding carboxylic acids is 2. The molecule has 0 heterocycles. The summed E-state index contributed by atoms with van der Waals surface area (Å²) in [6.45, 7) is 0.936. The van der Waals surface area contributed by atoms with Crippen LogP contribution in [0, 0.1) is 16.7 Å². The fourth-order valence-electron chi connectivity index (χ4n) is 2.81. The maximum atomic E-state index is 12.2. The standard InChI is InChI=1S/C22H24N6O2S/c1-31-18-4-2-3-16(11-18)21(24)20(22(25)30)19(13-26-14-29)28-10-9-27-17-7-5-15(12-23)6-8-17/h2-8,11,14,24,27-28H,9-10,13H2,1H3,(H2,25,30)(H,26,29)/b20-19+,24-21?. The molecule has 2 amide bonds. The predicted molar refractivity (Wildman–Crippen MR) is 123 cm³/mol. The summed E-state index contributed by atoms with van der Waals surface area (Å²) in [7, 11) is 0. The van der Waals surface area contributed by atoms with Crippen molar-refractivity contribution in [3.8, 4) is 6.07 Å². The van der Waals surface area contributed by atoms with Crippen LogP contribution in [-0.2, 0) is 9.59 Å². The van der Waals surface area contributed by atoms with E-state index in [2.05, 4.69) is 22.0 Å². The lowest BCUT2D eigenvalue weighted by Crippen LogP contribution is -2.34. The van der Waals surface area contributed by atoms with E-state index < -0.39 is 5.91 Å². The van der Waals surface area contributed by atoms with E-state index in [1.54, 1.807) is 30.3 Å². The molecule has 2 aromatic carbocycles. The molecular formula is C22H24N6O2S. The van der Waals surface area contributed by atoms with Crippen LogP contribution in [0.25, 0.3) is 0 Å². The minimum Gasteiger partial charge on any atom is -0.384 e. The Morgan fingerprint density at radius 3 is 2.58 bits per heavy atom. The summed E-state index contributed by atoms with van der Waals surface area (Å²) in [5.41, 5.74) is 7.94. The quantitative estimate of drug-likeness (QED) is 0.113. The molecule has 0 aliphatic rings.